The molecule has 5 heteroatoms. The molecule has 1 atom stereocenters. The zero-order valence-corrected chi connectivity index (χ0v) is 11.4. The van der Waals surface area contributed by atoms with Gasteiger partial charge in [-0.15, -0.1) is 0 Å². The first-order valence-electron chi connectivity index (χ1n) is 5.92. The molecule has 20 heavy (non-hydrogen) atoms. The summed E-state index contributed by atoms with van der Waals surface area (Å²) in [5.74, 6) is 0.451. The molecule has 0 radical (unpaired) electrons. The fourth-order valence-corrected chi connectivity index (χ4v) is 2.06. The number of methoxy groups -OCH3 is 1. The van der Waals surface area contributed by atoms with E-state index >= 15 is 0 Å². The number of ether oxygens (including phenoxy) is 1. The Bertz CT molecular complexity index is 585. The molecule has 0 saturated heterocycles. The monoisotopic (exact) mass is 298 g/mol. The van der Waals surface area contributed by atoms with Gasteiger partial charge in [0, 0.05) is 5.56 Å². The van der Waals surface area contributed by atoms with E-state index in [1.807, 2.05) is 0 Å². The molecular formula is C15H13ClF2O2. The van der Waals surface area contributed by atoms with Gasteiger partial charge < -0.3 is 9.84 Å². The number of rotatable bonds is 4. The number of aliphatic hydroxyl groups excluding tert-OH is 1. The number of halogens is 3. The molecule has 0 bridgehead atoms. The third-order valence-electron chi connectivity index (χ3n) is 3.00. The highest BCUT2D eigenvalue weighted by atomic mass is 35.5. The van der Waals surface area contributed by atoms with Crippen molar-refractivity contribution in [2.24, 2.45) is 0 Å². The van der Waals surface area contributed by atoms with Gasteiger partial charge in [0.15, 0.2) is 0 Å². The van der Waals surface area contributed by atoms with Gasteiger partial charge in [0.2, 0.25) is 0 Å². The lowest BCUT2D eigenvalue weighted by atomic mass is 10.0. The van der Waals surface area contributed by atoms with Crippen molar-refractivity contribution in [3.05, 3.63) is 64.2 Å². The molecule has 0 aliphatic rings. The molecule has 2 nitrogen and oxygen atoms in total. The van der Waals surface area contributed by atoms with E-state index in [0.717, 1.165) is 0 Å². The first kappa shape index (κ1) is 14.8. The summed E-state index contributed by atoms with van der Waals surface area (Å²) in [6.45, 7) is 0. The highest BCUT2D eigenvalue weighted by Crippen LogP contribution is 2.31. The van der Waals surface area contributed by atoms with Crippen LogP contribution >= 0.6 is 11.6 Å². The van der Waals surface area contributed by atoms with Gasteiger partial charge in [-0.25, -0.2) is 8.78 Å². The topological polar surface area (TPSA) is 29.5 Å². The molecule has 0 fully saturated rings. The van der Waals surface area contributed by atoms with E-state index < -0.39 is 12.5 Å². The van der Waals surface area contributed by atoms with Crippen LogP contribution in [0.4, 0.5) is 8.78 Å². The van der Waals surface area contributed by atoms with Crippen LogP contribution in [0.5, 0.6) is 5.75 Å². The Kier molecular flexibility index (Phi) is 4.57. The Balaban J connectivity index is 2.28. The lowest BCUT2D eigenvalue weighted by molar-refractivity contribution is 0.151. The molecular weight excluding hydrogens is 286 g/mol. The third kappa shape index (κ3) is 3.08. The van der Waals surface area contributed by atoms with Gasteiger partial charge in [-0.1, -0.05) is 41.9 Å². The molecule has 1 unspecified atom stereocenters. The van der Waals surface area contributed by atoms with Gasteiger partial charge in [-0.3, -0.25) is 0 Å². The second-order valence-corrected chi connectivity index (χ2v) is 4.67. The Labute approximate surface area is 120 Å². The number of hydrogen-bond acceptors (Lipinski definition) is 2. The van der Waals surface area contributed by atoms with Crippen LogP contribution in [0.2, 0.25) is 5.02 Å². The van der Waals surface area contributed by atoms with Crippen LogP contribution in [0.3, 0.4) is 0 Å². The molecule has 0 saturated carbocycles. The van der Waals surface area contributed by atoms with Gasteiger partial charge >= 0.3 is 0 Å². The summed E-state index contributed by atoms with van der Waals surface area (Å²) < 4.78 is 30.0. The van der Waals surface area contributed by atoms with Crippen LogP contribution in [0.25, 0.3) is 0 Å². The fraction of sp³-hybridized carbons (Fsp3) is 0.200. The smallest absolute Gasteiger partial charge is 0.263 e. The SMILES string of the molecule is COc1cc(C(O)c2ccc(C(F)F)cc2)ccc1Cl. The summed E-state index contributed by atoms with van der Waals surface area (Å²) in [5.41, 5.74) is 1.03. The van der Waals surface area contributed by atoms with Crippen molar-refractivity contribution in [1.29, 1.82) is 0 Å². The maximum atomic E-state index is 12.5. The Hall–Kier alpha value is -1.65. The largest absolute Gasteiger partial charge is 0.495 e. The predicted octanol–water partition coefficient (Wildman–Crippen LogP) is 4.37. The van der Waals surface area contributed by atoms with E-state index in [9.17, 15) is 13.9 Å². The lowest BCUT2D eigenvalue weighted by Gasteiger charge is -2.14. The third-order valence-corrected chi connectivity index (χ3v) is 3.31. The summed E-state index contributed by atoms with van der Waals surface area (Å²) in [6, 6.07) is 10.5. The predicted molar refractivity (Wildman–Crippen MR) is 73.5 cm³/mol. The lowest BCUT2D eigenvalue weighted by Crippen LogP contribution is -2.00. The summed E-state index contributed by atoms with van der Waals surface area (Å²) >= 11 is 5.91. The molecule has 1 N–H and O–H groups in total. The molecule has 0 aliphatic heterocycles. The van der Waals surface area contributed by atoms with Crippen LogP contribution in [0, 0.1) is 0 Å². The van der Waals surface area contributed by atoms with Crippen molar-refractivity contribution in [3.8, 4) is 5.75 Å². The molecule has 0 heterocycles. The minimum Gasteiger partial charge on any atom is -0.495 e. The molecule has 2 rings (SSSR count). The molecule has 0 amide bonds. The molecule has 0 spiro atoms. The minimum absolute atomic E-state index is 0.0744. The maximum absolute atomic E-state index is 12.5. The quantitative estimate of drug-likeness (QED) is 0.908. The number of benzene rings is 2. The zero-order chi connectivity index (χ0) is 14.7. The molecule has 2 aromatic carbocycles. The van der Waals surface area contributed by atoms with E-state index in [-0.39, 0.29) is 5.56 Å². The Morgan fingerprint density at radius 2 is 1.55 bits per heavy atom. The van der Waals surface area contributed by atoms with E-state index in [1.54, 1.807) is 18.2 Å². The molecule has 106 valence electrons. The normalized spacial score (nSPS) is 12.5. The average molecular weight is 299 g/mol. The molecule has 2 aromatic rings. The Morgan fingerprint density at radius 3 is 2.10 bits per heavy atom. The maximum Gasteiger partial charge on any atom is 0.263 e. The summed E-state index contributed by atoms with van der Waals surface area (Å²) in [5, 5.41) is 10.7. The van der Waals surface area contributed by atoms with Crippen LogP contribution in [0.1, 0.15) is 29.2 Å². The Morgan fingerprint density at radius 1 is 1.00 bits per heavy atom. The standard InChI is InChI=1S/C15H13ClF2O2/c1-20-13-8-11(6-7-12(13)16)14(19)9-2-4-10(5-3-9)15(17)18/h2-8,14-15,19H,1H3. The van der Waals surface area contributed by atoms with E-state index in [1.165, 1.54) is 31.4 Å². The highest BCUT2D eigenvalue weighted by molar-refractivity contribution is 6.32. The van der Waals surface area contributed by atoms with Gasteiger partial charge in [0.25, 0.3) is 6.43 Å². The summed E-state index contributed by atoms with van der Waals surface area (Å²) in [7, 11) is 1.48. The van der Waals surface area contributed by atoms with E-state index in [4.69, 9.17) is 16.3 Å². The second-order valence-electron chi connectivity index (χ2n) is 4.26. The van der Waals surface area contributed by atoms with Gasteiger partial charge in [-0.2, -0.15) is 0 Å². The van der Waals surface area contributed by atoms with Crippen molar-refractivity contribution in [2.75, 3.05) is 7.11 Å². The van der Waals surface area contributed by atoms with Crippen molar-refractivity contribution >= 4 is 11.6 Å². The molecule has 0 aromatic heterocycles. The average Bonchev–Trinajstić information content (AvgIpc) is 2.47. The van der Waals surface area contributed by atoms with E-state index in [2.05, 4.69) is 0 Å². The first-order valence-corrected chi connectivity index (χ1v) is 6.30. The number of hydrogen-bond donors (Lipinski definition) is 1. The van der Waals surface area contributed by atoms with Crippen LogP contribution in [-0.2, 0) is 0 Å². The van der Waals surface area contributed by atoms with Crippen molar-refractivity contribution in [1.82, 2.24) is 0 Å². The second kappa shape index (κ2) is 6.20. The van der Waals surface area contributed by atoms with Crippen LogP contribution < -0.4 is 4.74 Å². The van der Waals surface area contributed by atoms with Crippen molar-refractivity contribution in [2.45, 2.75) is 12.5 Å². The molecule has 0 aliphatic carbocycles. The number of alkyl halides is 2. The van der Waals surface area contributed by atoms with Crippen molar-refractivity contribution in [3.63, 3.8) is 0 Å². The van der Waals surface area contributed by atoms with Crippen LogP contribution in [-0.4, -0.2) is 12.2 Å². The summed E-state index contributed by atoms with van der Waals surface area (Å²) in [6.07, 6.45) is -3.44. The first-order chi connectivity index (χ1) is 9.52. The van der Waals surface area contributed by atoms with Crippen LogP contribution in [0.15, 0.2) is 42.5 Å². The minimum atomic E-state index is -2.52. The van der Waals surface area contributed by atoms with Gasteiger partial charge in [0.05, 0.1) is 12.1 Å². The van der Waals surface area contributed by atoms with Gasteiger partial charge in [-0.05, 0) is 23.3 Å². The number of aliphatic hydroxyl groups is 1. The zero-order valence-electron chi connectivity index (χ0n) is 10.7. The fourth-order valence-electron chi connectivity index (χ4n) is 1.86. The van der Waals surface area contributed by atoms with Gasteiger partial charge in [0.1, 0.15) is 11.9 Å². The highest BCUT2D eigenvalue weighted by Gasteiger charge is 2.14. The summed E-state index contributed by atoms with van der Waals surface area (Å²) in [4.78, 5) is 0. The van der Waals surface area contributed by atoms with Crippen molar-refractivity contribution < 1.29 is 18.6 Å². The van der Waals surface area contributed by atoms with E-state index in [0.29, 0.717) is 21.9 Å².